The quantitative estimate of drug-likeness (QED) is 0.316. The lowest BCUT2D eigenvalue weighted by atomic mass is 9.79. The normalized spacial score (nSPS) is 23.8. The topological polar surface area (TPSA) is 96.2 Å². The lowest BCUT2D eigenvalue weighted by molar-refractivity contribution is -0.139. The summed E-state index contributed by atoms with van der Waals surface area (Å²) in [6.07, 6.45) is 7.91. The summed E-state index contributed by atoms with van der Waals surface area (Å²) in [5.74, 6) is 1.09. The highest BCUT2D eigenvalue weighted by atomic mass is 32.2. The molecule has 2 saturated heterocycles. The number of halogens is 3. The van der Waals surface area contributed by atoms with Crippen LogP contribution in [0.5, 0.6) is 5.75 Å². The number of carbonyl (C=O) groups excluding carboxylic acids is 1. The Morgan fingerprint density at radius 2 is 1.43 bits per heavy atom. The van der Waals surface area contributed by atoms with Crippen molar-refractivity contribution < 1.29 is 31.1 Å². The van der Waals surface area contributed by atoms with Gasteiger partial charge in [-0.15, -0.1) is 0 Å². The third-order valence-electron chi connectivity index (χ3n) is 11.2. The Morgan fingerprint density at radius 1 is 0.816 bits per heavy atom. The Bertz CT molecular complexity index is 1480. The van der Waals surface area contributed by atoms with E-state index in [9.17, 15) is 26.4 Å². The number of alkyl halides is 3. The Labute approximate surface area is 289 Å². The van der Waals surface area contributed by atoms with Crippen LogP contribution in [-0.4, -0.2) is 79.8 Å². The van der Waals surface area contributed by atoms with Gasteiger partial charge in [0.05, 0.1) is 17.1 Å². The number of amides is 1. The van der Waals surface area contributed by atoms with Gasteiger partial charge >= 0.3 is 6.18 Å². The van der Waals surface area contributed by atoms with E-state index in [0.29, 0.717) is 50.8 Å². The lowest BCUT2D eigenvalue weighted by Gasteiger charge is -2.47. The van der Waals surface area contributed by atoms with Gasteiger partial charge in [-0.1, -0.05) is 50.7 Å². The zero-order valence-corrected chi connectivity index (χ0v) is 29.1. The monoisotopic (exact) mass is 704 g/mol. The van der Waals surface area contributed by atoms with Crippen molar-refractivity contribution in [1.82, 2.24) is 14.1 Å². The van der Waals surface area contributed by atoms with Crippen LogP contribution in [0.4, 0.5) is 13.2 Å². The lowest BCUT2D eigenvalue weighted by Crippen LogP contribution is -2.62. The molecule has 2 aromatic rings. The van der Waals surface area contributed by atoms with E-state index in [0.717, 1.165) is 62.6 Å². The number of hydrogen-bond acceptors (Lipinski definition) is 6. The second kappa shape index (κ2) is 15.7. The first-order valence-electron chi connectivity index (χ1n) is 18.2. The van der Waals surface area contributed by atoms with E-state index < -0.39 is 27.8 Å². The molecule has 0 spiro atoms. The number of nitrogens with zero attached hydrogens (tertiary/aromatic N) is 3. The number of ether oxygens (including phenoxy) is 1. The largest absolute Gasteiger partial charge is 0.493 e. The smallest absolute Gasteiger partial charge is 0.416 e. The summed E-state index contributed by atoms with van der Waals surface area (Å²) in [6.45, 7) is 2.15. The molecule has 0 aromatic heterocycles. The highest BCUT2D eigenvalue weighted by Crippen LogP contribution is 2.41. The molecular weight excluding hydrogens is 653 g/mol. The van der Waals surface area contributed by atoms with E-state index in [1.54, 1.807) is 41.3 Å². The van der Waals surface area contributed by atoms with Crippen molar-refractivity contribution >= 4 is 15.9 Å². The number of benzene rings is 2. The van der Waals surface area contributed by atoms with Crippen molar-refractivity contribution in [2.24, 2.45) is 17.6 Å². The standard InChI is InChI=1S/C37H51F3N4O4S/c38-37(39,40)30-13-11-29(12-14-30)35(28-9-5-2-6-10-28)43-23-24-44(34(25-43)36(45)42-21-19-31(41)20-22-42)49(46,47)33-17-15-32(16-18-33)48-26-27-7-3-1-4-8-27/h11-18,27-28,31,34-35H,1-10,19-26,41H2/t34-,35?/m1/s1. The first-order valence-corrected chi connectivity index (χ1v) is 19.6. The molecule has 2 saturated carbocycles. The second-order valence-electron chi connectivity index (χ2n) is 14.5. The molecule has 6 rings (SSSR count). The number of nitrogens with two attached hydrogens (primary N) is 1. The molecule has 8 nitrogen and oxygen atoms in total. The summed E-state index contributed by atoms with van der Waals surface area (Å²) < 4.78 is 76.4. The van der Waals surface area contributed by atoms with Gasteiger partial charge in [-0.2, -0.15) is 17.5 Å². The van der Waals surface area contributed by atoms with Crippen LogP contribution >= 0.6 is 0 Å². The SMILES string of the molecule is NC1CCN(C(=O)[C@H]2CN(C(c3ccc(C(F)(F)F)cc3)C3CCCCC3)CCN2S(=O)(=O)c2ccc(OCC3CCCCC3)cc2)CC1. The number of likely N-dealkylation sites (tertiary alicyclic amines) is 1. The maximum Gasteiger partial charge on any atom is 0.416 e. The van der Waals surface area contributed by atoms with Crippen molar-refractivity contribution in [3.8, 4) is 5.75 Å². The van der Waals surface area contributed by atoms with E-state index >= 15 is 0 Å². The molecule has 2 aliphatic carbocycles. The number of carbonyl (C=O) groups is 1. The van der Waals surface area contributed by atoms with Crippen molar-refractivity contribution in [1.29, 1.82) is 0 Å². The molecule has 2 aliphatic heterocycles. The summed E-state index contributed by atoms with van der Waals surface area (Å²) in [7, 11) is -4.06. The number of hydrogen-bond donors (Lipinski definition) is 1. The summed E-state index contributed by atoms with van der Waals surface area (Å²) >= 11 is 0. The predicted octanol–water partition coefficient (Wildman–Crippen LogP) is 6.61. The van der Waals surface area contributed by atoms with Crippen molar-refractivity contribution in [2.45, 2.75) is 106 Å². The van der Waals surface area contributed by atoms with E-state index in [1.807, 2.05) is 0 Å². The minimum Gasteiger partial charge on any atom is -0.493 e. The Hall–Kier alpha value is -2.67. The van der Waals surface area contributed by atoms with Crippen LogP contribution in [0.2, 0.25) is 0 Å². The van der Waals surface area contributed by atoms with E-state index in [2.05, 4.69) is 4.90 Å². The van der Waals surface area contributed by atoms with Crippen LogP contribution in [0, 0.1) is 11.8 Å². The van der Waals surface area contributed by atoms with Crippen molar-refractivity contribution in [3.05, 3.63) is 59.7 Å². The molecule has 2 N–H and O–H groups in total. The van der Waals surface area contributed by atoms with Gasteiger partial charge in [0.15, 0.2) is 0 Å². The number of rotatable bonds is 9. The maximum atomic E-state index is 14.3. The molecule has 2 atom stereocenters. The van der Waals surface area contributed by atoms with Gasteiger partial charge in [-0.05, 0) is 92.3 Å². The minimum absolute atomic E-state index is 0.000869. The highest BCUT2D eigenvalue weighted by molar-refractivity contribution is 7.89. The third kappa shape index (κ3) is 8.63. The summed E-state index contributed by atoms with van der Waals surface area (Å²) in [4.78, 5) is 18.3. The molecule has 270 valence electrons. The first-order chi connectivity index (χ1) is 23.5. The summed E-state index contributed by atoms with van der Waals surface area (Å²) in [5.41, 5.74) is 6.21. The zero-order valence-electron chi connectivity index (χ0n) is 28.3. The first kappa shape index (κ1) is 36.1. The van der Waals surface area contributed by atoms with Crippen molar-refractivity contribution in [2.75, 3.05) is 39.3 Å². The third-order valence-corrected chi connectivity index (χ3v) is 13.1. The van der Waals surface area contributed by atoms with Gasteiger partial charge in [-0.3, -0.25) is 9.69 Å². The van der Waals surface area contributed by atoms with E-state index in [-0.39, 0.29) is 41.9 Å². The van der Waals surface area contributed by atoms with Crippen LogP contribution in [0.3, 0.4) is 0 Å². The molecule has 49 heavy (non-hydrogen) atoms. The molecule has 0 bridgehead atoms. The average Bonchev–Trinajstić information content (AvgIpc) is 3.12. The van der Waals surface area contributed by atoms with Gasteiger partial charge in [0, 0.05) is 44.8 Å². The van der Waals surface area contributed by atoms with Crippen LogP contribution in [-0.2, 0) is 21.0 Å². The molecule has 12 heteroatoms. The van der Waals surface area contributed by atoms with Gasteiger partial charge in [-0.25, -0.2) is 8.42 Å². The van der Waals surface area contributed by atoms with Crippen LogP contribution in [0.15, 0.2) is 53.4 Å². The molecule has 2 heterocycles. The minimum atomic E-state index is -4.44. The average molecular weight is 705 g/mol. The van der Waals surface area contributed by atoms with Gasteiger partial charge in [0.1, 0.15) is 11.8 Å². The fourth-order valence-corrected chi connectivity index (χ4v) is 9.94. The van der Waals surface area contributed by atoms with Gasteiger partial charge in [0.2, 0.25) is 15.9 Å². The van der Waals surface area contributed by atoms with Gasteiger partial charge < -0.3 is 15.4 Å². The summed E-state index contributed by atoms with van der Waals surface area (Å²) in [6, 6.07) is 10.7. The fraction of sp³-hybridized carbons (Fsp3) is 0.649. The Balaban J connectivity index is 1.26. The van der Waals surface area contributed by atoms with Crippen LogP contribution in [0.25, 0.3) is 0 Å². The summed E-state index contributed by atoms with van der Waals surface area (Å²) in [5, 5.41) is 0. The molecule has 0 radical (unpaired) electrons. The Kier molecular flexibility index (Phi) is 11.6. The molecule has 1 amide bonds. The zero-order chi connectivity index (χ0) is 34.6. The molecule has 4 aliphatic rings. The number of sulfonamides is 1. The van der Waals surface area contributed by atoms with E-state index in [4.69, 9.17) is 10.5 Å². The maximum absolute atomic E-state index is 14.3. The van der Waals surface area contributed by atoms with Crippen molar-refractivity contribution in [3.63, 3.8) is 0 Å². The predicted molar refractivity (Wildman–Crippen MR) is 182 cm³/mol. The van der Waals surface area contributed by atoms with E-state index in [1.165, 1.54) is 23.6 Å². The van der Waals surface area contributed by atoms with Gasteiger partial charge in [0.25, 0.3) is 0 Å². The highest BCUT2D eigenvalue weighted by Gasteiger charge is 2.45. The number of piperazine rings is 1. The van der Waals surface area contributed by atoms with Crippen LogP contribution < -0.4 is 10.5 Å². The second-order valence-corrected chi connectivity index (χ2v) is 16.4. The molecule has 1 unspecified atom stereocenters. The number of piperidine rings is 1. The van der Waals surface area contributed by atoms with Crippen LogP contribution in [0.1, 0.15) is 94.2 Å². The Morgan fingerprint density at radius 3 is 2.04 bits per heavy atom. The molecule has 2 aromatic carbocycles. The fourth-order valence-electron chi connectivity index (χ4n) is 8.37. The molecular formula is C37H51F3N4O4S. The molecule has 4 fully saturated rings.